The first-order valence-corrected chi connectivity index (χ1v) is 15.9. The summed E-state index contributed by atoms with van der Waals surface area (Å²) in [6, 6.07) is 6.76. The Kier molecular flexibility index (Phi) is 8.72. The average Bonchev–Trinajstić information content (AvgIpc) is 3.64. The van der Waals surface area contributed by atoms with Crippen molar-refractivity contribution in [1.29, 1.82) is 0 Å². The lowest BCUT2D eigenvalue weighted by atomic mass is 10.1. The number of carbonyl (C=O) groups is 2. The molecule has 2 aliphatic heterocycles. The molecule has 6 rings (SSSR count). The Morgan fingerprint density at radius 3 is 2.20 bits per heavy atom. The number of rotatable bonds is 5. The zero-order valence-corrected chi connectivity index (χ0v) is 28.8. The Morgan fingerprint density at radius 1 is 0.900 bits per heavy atom. The monoisotopic (exact) mass is 701 g/mol. The number of carbonyl (C=O) groups excluding carboxylic acids is 2. The molecule has 0 aliphatic carbocycles. The first-order chi connectivity index (χ1) is 23.2. The number of imide groups is 1. The topological polar surface area (TPSA) is 136 Å². The van der Waals surface area contributed by atoms with E-state index in [4.69, 9.17) is 28.4 Å². The number of alkyl halides is 3. The van der Waals surface area contributed by atoms with Gasteiger partial charge in [0.05, 0.1) is 16.5 Å². The maximum absolute atomic E-state index is 13.5. The molecular weight excluding hydrogens is 663 g/mol. The first kappa shape index (κ1) is 35.3. The maximum atomic E-state index is 13.5. The number of nitrogens with zero attached hydrogens (tertiary/aromatic N) is 5. The molecule has 4 atom stereocenters. The van der Waals surface area contributed by atoms with E-state index in [2.05, 4.69) is 15.0 Å². The molecule has 16 heteroatoms. The van der Waals surface area contributed by atoms with Gasteiger partial charge in [-0.3, -0.25) is 4.98 Å². The van der Waals surface area contributed by atoms with Gasteiger partial charge in [0.1, 0.15) is 53.8 Å². The molecule has 1 aromatic carbocycles. The van der Waals surface area contributed by atoms with Crippen LogP contribution in [0, 0.1) is 0 Å². The largest absolute Gasteiger partial charge is 0.491 e. The molecule has 0 radical (unpaired) electrons. The SMILES string of the molecule is CC(C)(C)OC(=O)N(C(=O)OC(C)(C)C)c1ncnc2c1ccn2[C@@H]1O[C@H](COc2ccc3c(C(F)(F)F)ccnc3c2)[C@H]2OC(C)(C)O[C@H]21. The van der Waals surface area contributed by atoms with Gasteiger partial charge in [-0.1, -0.05) is 0 Å². The van der Waals surface area contributed by atoms with Gasteiger partial charge in [0.2, 0.25) is 0 Å². The standard InChI is InChI=1S/C34H38F3N5O8/c1-31(2,3)49-29(43)42(30(44)50-32(4,5)6)27-20-12-14-41(26(20)39-17-40-27)28-25-24(47-33(7,8)48-25)23(46-28)16-45-18-9-10-19-21(34(35,36)37)11-13-38-22(19)15-18/h9-15,17,23-25,28H,16H2,1-8H3/t23-,24-,25-,28-/m1/s1. The summed E-state index contributed by atoms with van der Waals surface area (Å²) in [7, 11) is 0. The van der Waals surface area contributed by atoms with Crippen molar-refractivity contribution in [2.75, 3.05) is 11.5 Å². The van der Waals surface area contributed by atoms with E-state index in [0.717, 1.165) is 17.2 Å². The second kappa shape index (κ2) is 12.3. The quantitative estimate of drug-likeness (QED) is 0.209. The van der Waals surface area contributed by atoms with Crippen LogP contribution in [0.4, 0.5) is 28.6 Å². The molecule has 5 heterocycles. The third-order valence-corrected chi connectivity index (χ3v) is 7.69. The highest BCUT2D eigenvalue weighted by molar-refractivity contribution is 6.13. The molecule has 50 heavy (non-hydrogen) atoms. The molecule has 13 nitrogen and oxygen atoms in total. The number of benzene rings is 1. The lowest BCUT2D eigenvalue weighted by Gasteiger charge is -2.28. The number of aromatic nitrogens is 4. The molecule has 0 spiro atoms. The van der Waals surface area contributed by atoms with Crippen LogP contribution in [0.15, 0.2) is 49.1 Å². The lowest BCUT2D eigenvalue weighted by molar-refractivity contribution is -0.198. The van der Waals surface area contributed by atoms with Gasteiger partial charge in [-0.05, 0) is 79.7 Å². The van der Waals surface area contributed by atoms with Crippen molar-refractivity contribution in [3.63, 3.8) is 0 Å². The molecule has 0 N–H and O–H groups in total. The van der Waals surface area contributed by atoms with Crippen LogP contribution in [0.25, 0.3) is 21.9 Å². The van der Waals surface area contributed by atoms with Gasteiger partial charge in [-0.25, -0.2) is 19.6 Å². The third-order valence-electron chi connectivity index (χ3n) is 7.69. The van der Waals surface area contributed by atoms with Crippen LogP contribution in [0.5, 0.6) is 5.75 Å². The molecule has 2 aliphatic rings. The summed E-state index contributed by atoms with van der Waals surface area (Å²) >= 11 is 0. The first-order valence-electron chi connectivity index (χ1n) is 15.9. The van der Waals surface area contributed by atoms with E-state index in [-0.39, 0.29) is 23.3 Å². The highest BCUT2D eigenvalue weighted by atomic mass is 19.4. The highest BCUT2D eigenvalue weighted by Gasteiger charge is 2.56. The summed E-state index contributed by atoms with van der Waals surface area (Å²) < 4.78 is 78.2. The predicted octanol–water partition coefficient (Wildman–Crippen LogP) is 7.17. The fourth-order valence-electron chi connectivity index (χ4n) is 5.86. The fourth-order valence-corrected chi connectivity index (χ4v) is 5.86. The molecule has 2 fully saturated rings. The number of amides is 2. The number of anilines is 1. The van der Waals surface area contributed by atoms with Gasteiger partial charge in [0, 0.05) is 23.8 Å². The zero-order valence-electron chi connectivity index (χ0n) is 28.8. The zero-order chi connectivity index (χ0) is 36.4. The lowest BCUT2D eigenvalue weighted by Crippen LogP contribution is -2.44. The number of pyridine rings is 1. The fraction of sp³-hybridized carbons (Fsp3) is 0.500. The van der Waals surface area contributed by atoms with E-state index in [1.807, 2.05) is 0 Å². The number of fused-ring (bicyclic) bond motifs is 3. The van der Waals surface area contributed by atoms with Crippen LogP contribution >= 0.6 is 0 Å². The molecule has 0 unspecified atom stereocenters. The Morgan fingerprint density at radius 2 is 1.56 bits per heavy atom. The van der Waals surface area contributed by atoms with Crippen molar-refractivity contribution < 1.29 is 51.2 Å². The van der Waals surface area contributed by atoms with E-state index in [1.54, 1.807) is 72.2 Å². The van der Waals surface area contributed by atoms with Crippen molar-refractivity contribution in [2.45, 2.75) is 103 Å². The molecule has 2 saturated heterocycles. The number of ether oxygens (including phenoxy) is 6. The Bertz CT molecular complexity index is 1910. The van der Waals surface area contributed by atoms with Gasteiger partial charge < -0.3 is 33.0 Å². The van der Waals surface area contributed by atoms with Crippen LogP contribution in [0.3, 0.4) is 0 Å². The summed E-state index contributed by atoms with van der Waals surface area (Å²) in [4.78, 5) is 40.3. The van der Waals surface area contributed by atoms with Crippen molar-refractivity contribution in [1.82, 2.24) is 19.5 Å². The molecule has 0 bridgehead atoms. The maximum Gasteiger partial charge on any atom is 0.425 e. The molecule has 0 saturated carbocycles. The summed E-state index contributed by atoms with van der Waals surface area (Å²) in [5.41, 5.74) is -2.21. The van der Waals surface area contributed by atoms with Crippen molar-refractivity contribution in [3.05, 3.63) is 54.6 Å². The smallest absolute Gasteiger partial charge is 0.425 e. The Balaban J connectivity index is 1.30. The molecule has 268 valence electrons. The minimum Gasteiger partial charge on any atom is -0.491 e. The average molecular weight is 702 g/mol. The Labute approximate surface area is 285 Å². The van der Waals surface area contributed by atoms with Gasteiger partial charge in [0.25, 0.3) is 0 Å². The van der Waals surface area contributed by atoms with Crippen molar-refractivity contribution in [3.8, 4) is 5.75 Å². The van der Waals surface area contributed by atoms with Crippen LogP contribution < -0.4 is 9.64 Å². The van der Waals surface area contributed by atoms with E-state index in [1.165, 1.54) is 24.5 Å². The molecule has 2 amide bonds. The Hall–Kier alpha value is -4.54. The molecule has 4 aromatic rings. The summed E-state index contributed by atoms with van der Waals surface area (Å²) in [5.74, 6) is -0.752. The van der Waals surface area contributed by atoms with Crippen LogP contribution in [0.2, 0.25) is 0 Å². The van der Waals surface area contributed by atoms with Gasteiger partial charge >= 0.3 is 18.4 Å². The number of hydrogen-bond acceptors (Lipinski definition) is 11. The van der Waals surface area contributed by atoms with E-state index in [0.29, 0.717) is 16.8 Å². The molecular formula is C34H38F3N5O8. The number of halogens is 3. The third kappa shape index (κ3) is 7.18. The van der Waals surface area contributed by atoms with Crippen LogP contribution in [0.1, 0.15) is 67.2 Å². The number of hydrogen-bond donors (Lipinski definition) is 0. The van der Waals surface area contributed by atoms with Crippen molar-refractivity contribution in [2.24, 2.45) is 0 Å². The minimum atomic E-state index is -4.53. The minimum absolute atomic E-state index is 0.0356. The highest BCUT2D eigenvalue weighted by Crippen LogP contribution is 2.45. The van der Waals surface area contributed by atoms with E-state index >= 15 is 0 Å². The van der Waals surface area contributed by atoms with Gasteiger partial charge in [-0.2, -0.15) is 18.1 Å². The van der Waals surface area contributed by atoms with Crippen LogP contribution in [-0.4, -0.2) is 73.6 Å². The second-order valence-electron chi connectivity index (χ2n) is 14.4. The van der Waals surface area contributed by atoms with Crippen molar-refractivity contribution >= 4 is 39.9 Å². The van der Waals surface area contributed by atoms with Gasteiger partial charge in [0.15, 0.2) is 17.8 Å². The summed E-state index contributed by atoms with van der Waals surface area (Å²) in [5, 5.41) is 0.278. The molecule has 3 aromatic heterocycles. The normalized spacial score (nSPS) is 22.1. The summed E-state index contributed by atoms with van der Waals surface area (Å²) in [6.45, 7) is 13.5. The van der Waals surface area contributed by atoms with Crippen LogP contribution in [-0.2, 0) is 29.9 Å². The van der Waals surface area contributed by atoms with E-state index < -0.39 is 65.5 Å². The second-order valence-corrected chi connectivity index (χ2v) is 14.4. The summed E-state index contributed by atoms with van der Waals surface area (Å²) in [6.07, 6.45) is -5.27. The van der Waals surface area contributed by atoms with Gasteiger partial charge in [-0.15, -0.1) is 0 Å². The van der Waals surface area contributed by atoms with E-state index in [9.17, 15) is 22.8 Å². The predicted molar refractivity (Wildman–Crippen MR) is 172 cm³/mol.